The number of aromatic nitrogens is 2. The summed E-state index contributed by atoms with van der Waals surface area (Å²) in [5.41, 5.74) is 2.54. The van der Waals surface area contributed by atoms with Crippen LogP contribution in [0.25, 0.3) is 10.2 Å². The highest BCUT2D eigenvalue weighted by Crippen LogP contribution is 2.32. The van der Waals surface area contributed by atoms with Crippen LogP contribution in [0.1, 0.15) is 19.3 Å². The van der Waals surface area contributed by atoms with Crippen molar-refractivity contribution in [2.45, 2.75) is 19.3 Å². The maximum atomic E-state index is 9.13. The molecule has 20 heavy (non-hydrogen) atoms. The van der Waals surface area contributed by atoms with E-state index < -0.39 is 0 Å². The molecule has 2 aromatic heterocycles. The number of hydrogen-bond acceptors (Lipinski definition) is 7. The van der Waals surface area contributed by atoms with Gasteiger partial charge >= 0.3 is 0 Å². The molecule has 1 fully saturated rings. The molecule has 1 unspecified atom stereocenters. The molecule has 3 rings (SSSR count). The van der Waals surface area contributed by atoms with Gasteiger partial charge in [-0.05, 0) is 36.6 Å². The smallest absolute Gasteiger partial charge is 0.240 e. The van der Waals surface area contributed by atoms with Gasteiger partial charge in [0.15, 0.2) is 0 Å². The maximum Gasteiger partial charge on any atom is 0.240 e. The van der Waals surface area contributed by atoms with Crippen LogP contribution in [0.5, 0.6) is 0 Å². The highest BCUT2D eigenvalue weighted by Gasteiger charge is 2.23. The minimum atomic E-state index is 0.256. The molecule has 3 heterocycles. The third-order valence-electron chi connectivity index (χ3n) is 3.79. The molecule has 0 aromatic carbocycles. The Balaban J connectivity index is 1.93. The summed E-state index contributed by atoms with van der Waals surface area (Å²) in [6.45, 7) is 2.19. The van der Waals surface area contributed by atoms with Crippen LogP contribution < -0.4 is 16.2 Å². The third kappa shape index (κ3) is 2.56. The van der Waals surface area contributed by atoms with Crippen LogP contribution in [0.4, 0.5) is 11.8 Å². The number of nitrogens with zero attached hydrogens (tertiary/aromatic N) is 3. The fourth-order valence-corrected chi connectivity index (χ4v) is 3.58. The van der Waals surface area contributed by atoms with Gasteiger partial charge in [0.25, 0.3) is 0 Å². The van der Waals surface area contributed by atoms with Crippen LogP contribution in [-0.2, 0) is 0 Å². The third-order valence-corrected chi connectivity index (χ3v) is 4.60. The number of rotatable bonds is 4. The number of fused-ring (bicyclic) bond motifs is 1. The summed E-state index contributed by atoms with van der Waals surface area (Å²) in [4.78, 5) is 12.1. The molecule has 4 N–H and O–H groups in total. The number of piperidine rings is 1. The van der Waals surface area contributed by atoms with Gasteiger partial charge in [0.05, 0.1) is 5.39 Å². The van der Waals surface area contributed by atoms with Gasteiger partial charge in [-0.3, -0.25) is 5.43 Å². The summed E-state index contributed by atoms with van der Waals surface area (Å²) in [7, 11) is 0. The van der Waals surface area contributed by atoms with Crippen LogP contribution >= 0.6 is 11.3 Å². The van der Waals surface area contributed by atoms with Crippen molar-refractivity contribution in [3.8, 4) is 0 Å². The van der Waals surface area contributed by atoms with Crippen molar-refractivity contribution >= 4 is 33.3 Å². The first-order valence-corrected chi connectivity index (χ1v) is 7.77. The van der Waals surface area contributed by atoms with Gasteiger partial charge in [0, 0.05) is 19.7 Å². The Morgan fingerprint density at radius 2 is 2.40 bits per heavy atom. The minimum absolute atomic E-state index is 0.256. The molecule has 108 valence electrons. The lowest BCUT2D eigenvalue weighted by atomic mass is 9.95. The zero-order valence-corrected chi connectivity index (χ0v) is 12.1. The van der Waals surface area contributed by atoms with Crippen LogP contribution in [0.15, 0.2) is 11.4 Å². The molecule has 0 amide bonds. The Hall–Kier alpha value is -1.44. The van der Waals surface area contributed by atoms with Crippen LogP contribution in [0.3, 0.4) is 0 Å². The van der Waals surface area contributed by atoms with E-state index in [0.717, 1.165) is 42.0 Å². The van der Waals surface area contributed by atoms with E-state index in [2.05, 4.69) is 26.4 Å². The predicted molar refractivity (Wildman–Crippen MR) is 81.9 cm³/mol. The van der Waals surface area contributed by atoms with Gasteiger partial charge in [-0.15, -0.1) is 11.3 Å². The summed E-state index contributed by atoms with van der Waals surface area (Å²) in [5.74, 6) is 7.40. The van der Waals surface area contributed by atoms with E-state index in [0.29, 0.717) is 11.9 Å². The first-order chi connectivity index (χ1) is 9.81. The van der Waals surface area contributed by atoms with Gasteiger partial charge in [-0.2, -0.15) is 4.98 Å². The fraction of sp³-hybridized carbons (Fsp3) is 0.538. The quantitative estimate of drug-likeness (QED) is 0.586. The minimum Gasteiger partial charge on any atom is -0.396 e. The number of aliphatic hydroxyl groups is 1. The molecular formula is C13H19N5OS. The lowest BCUT2D eigenvalue weighted by molar-refractivity contribution is 0.244. The van der Waals surface area contributed by atoms with Crippen molar-refractivity contribution in [1.29, 1.82) is 0 Å². The number of nitrogens with two attached hydrogens (primary N) is 1. The number of aliphatic hydroxyl groups excluding tert-OH is 1. The van der Waals surface area contributed by atoms with Crippen molar-refractivity contribution < 1.29 is 5.11 Å². The zero-order chi connectivity index (χ0) is 13.9. The summed E-state index contributed by atoms with van der Waals surface area (Å²) < 4.78 is 0. The van der Waals surface area contributed by atoms with E-state index in [1.165, 1.54) is 6.42 Å². The van der Waals surface area contributed by atoms with Gasteiger partial charge in [-0.1, -0.05) is 0 Å². The monoisotopic (exact) mass is 293 g/mol. The van der Waals surface area contributed by atoms with E-state index in [-0.39, 0.29) is 6.61 Å². The highest BCUT2D eigenvalue weighted by atomic mass is 32.1. The molecule has 1 aliphatic rings. The van der Waals surface area contributed by atoms with Crippen molar-refractivity contribution in [1.82, 2.24) is 9.97 Å². The molecule has 0 saturated carbocycles. The predicted octanol–water partition coefficient (Wildman–Crippen LogP) is 1.58. The molecule has 6 nitrogen and oxygen atoms in total. The molecule has 1 aliphatic heterocycles. The Labute approximate surface area is 121 Å². The Morgan fingerprint density at radius 3 is 3.20 bits per heavy atom. The molecule has 0 radical (unpaired) electrons. The van der Waals surface area contributed by atoms with E-state index in [1.807, 2.05) is 5.38 Å². The van der Waals surface area contributed by atoms with Gasteiger partial charge in [-0.25, -0.2) is 10.8 Å². The van der Waals surface area contributed by atoms with Crippen molar-refractivity contribution in [2.24, 2.45) is 11.8 Å². The molecular weight excluding hydrogens is 274 g/mol. The topological polar surface area (TPSA) is 87.3 Å². The van der Waals surface area contributed by atoms with E-state index >= 15 is 0 Å². The summed E-state index contributed by atoms with van der Waals surface area (Å²) in [5, 5.41) is 12.2. The van der Waals surface area contributed by atoms with Gasteiger partial charge < -0.3 is 10.0 Å². The average Bonchev–Trinajstić information content (AvgIpc) is 2.95. The number of hydrazine groups is 1. The second-order valence-corrected chi connectivity index (χ2v) is 6.02. The standard InChI is InChI=1S/C13H19N5OS/c14-17-13-15-11(10-4-7-20-12(10)16-13)18-5-1-2-9(8-18)3-6-19/h4,7,9,19H,1-3,5-6,8,14H2,(H,15,16,17). The normalized spacial score (nSPS) is 19.5. The van der Waals surface area contributed by atoms with Crippen molar-refractivity contribution in [3.05, 3.63) is 11.4 Å². The largest absolute Gasteiger partial charge is 0.396 e. The zero-order valence-electron chi connectivity index (χ0n) is 11.2. The lowest BCUT2D eigenvalue weighted by Crippen LogP contribution is -2.36. The summed E-state index contributed by atoms with van der Waals surface area (Å²) in [6, 6.07) is 2.06. The average molecular weight is 293 g/mol. The molecule has 7 heteroatoms. The van der Waals surface area contributed by atoms with E-state index in [4.69, 9.17) is 10.9 Å². The second kappa shape index (κ2) is 5.90. The second-order valence-electron chi connectivity index (χ2n) is 5.12. The summed E-state index contributed by atoms with van der Waals surface area (Å²) >= 11 is 1.59. The first kappa shape index (κ1) is 13.5. The fourth-order valence-electron chi connectivity index (χ4n) is 2.82. The SMILES string of the molecule is NNc1nc(N2CCCC(CCO)C2)c2ccsc2n1. The number of nitrogen functional groups attached to an aromatic ring is 1. The number of thiophene rings is 1. The first-order valence-electron chi connectivity index (χ1n) is 6.89. The van der Waals surface area contributed by atoms with E-state index in [9.17, 15) is 0 Å². The Bertz CT molecular complexity index is 585. The molecule has 1 atom stereocenters. The molecule has 0 aliphatic carbocycles. The molecule has 1 saturated heterocycles. The van der Waals surface area contributed by atoms with Crippen LogP contribution in [-0.4, -0.2) is 34.8 Å². The Morgan fingerprint density at radius 1 is 1.50 bits per heavy atom. The lowest BCUT2D eigenvalue weighted by Gasteiger charge is -2.33. The molecule has 0 spiro atoms. The van der Waals surface area contributed by atoms with Crippen LogP contribution in [0.2, 0.25) is 0 Å². The number of hydrogen-bond donors (Lipinski definition) is 3. The molecule has 0 bridgehead atoms. The number of nitrogens with one attached hydrogen (secondary N) is 1. The van der Waals surface area contributed by atoms with Gasteiger partial charge in [0.2, 0.25) is 5.95 Å². The van der Waals surface area contributed by atoms with Crippen molar-refractivity contribution in [3.63, 3.8) is 0 Å². The Kier molecular flexibility index (Phi) is 4.00. The number of anilines is 2. The van der Waals surface area contributed by atoms with Crippen molar-refractivity contribution in [2.75, 3.05) is 30.0 Å². The summed E-state index contributed by atoms with van der Waals surface area (Å²) in [6.07, 6.45) is 3.17. The van der Waals surface area contributed by atoms with Crippen LogP contribution in [0, 0.1) is 5.92 Å². The van der Waals surface area contributed by atoms with Gasteiger partial charge in [0.1, 0.15) is 10.6 Å². The highest BCUT2D eigenvalue weighted by molar-refractivity contribution is 7.16. The molecule has 2 aromatic rings. The maximum absolute atomic E-state index is 9.13. The van der Waals surface area contributed by atoms with E-state index in [1.54, 1.807) is 11.3 Å².